The molecule has 3 aromatic carbocycles. The summed E-state index contributed by atoms with van der Waals surface area (Å²) >= 11 is 17.3. The highest BCUT2D eigenvalue weighted by molar-refractivity contribution is 7.80. The van der Waals surface area contributed by atoms with Crippen molar-refractivity contribution in [2.45, 2.75) is 0 Å². The van der Waals surface area contributed by atoms with Crippen molar-refractivity contribution in [3.8, 4) is 11.5 Å². The molecule has 1 aromatic heterocycles. The van der Waals surface area contributed by atoms with Crippen LogP contribution in [0.4, 0.5) is 10.1 Å². The molecule has 150 valence electrons. The second-order valence-corrected chi connectivity index (χ2v) is 7.50. The second kappa shape index (κ2) is 8.39. The van der Waals surface area contributed by atoms with Crippen molar-refractivity contribution in [1.82, 2.24) is 10.3 Å². The molecule has 0 bridgehead atoms. The Balaban J connectivity index is 1.44. The number of carbonyl (C=O) groups is 1. The van der Waals surface area contributed by atoms with E-state index in [0.717, 1.165) is 5.56 Å². The molecule has 4 rings (SSSR count). The maximum atomic E-state index is 13.0. The fourth-order valence-electron chi connectivity index (χ4n) is 2.72. The SMILES string of the molecule is O=C(NC(=S)Nc1ccc(-c2nc3cc(Cl)cc(Cl)c3o2)cc1)c1ccc(F)cc1. The van der Waals surface area contributed by atoms with Gasteiger partial charge in [-0.3, -0.25) is 10.1 Å². The van der Waals surface area contributed by atoms with Gasteiger partial charge in [-0.1, -0.05) is 23.2 Å². The molecule has 0 unspecified atom stereocenters. The minimum Gasteiger partial charge on any atom is -0.435 e. The van der Waals surface area contributed by atoms with Gasteiger partial charge in [-0.25, -0.2) is 9.37 Å². The van der Waals surface area contributed by atoms with Crippen molar-refractivity contribution in [3.63, 3.8) is 0 Å². The van der Waals surface area contributed by atoms with E-state index in [1.807, 2.05) is 0 Å². The molecule has 30 heavy (non-hydrogen) atoms. The minimum atomic E-state index is -0.439. The van der Waals surface area contributed by atoms with E-state index in [-0.39, 0.29) is 5.11 Å². The lowest BCUT2D eigenvalue weighted by Crippen LogP contribution is -2.34. The lowest BCUT2D eigenvalue weighted by molar-refractivity contribution is 0.0977. The minimum absolute atomic E-state index is 0.111. The normalized spacial score (nSPS) is 10.8. The van der Waals surface area contributed by atoms with Crippen molar-refractivity contribution >= 4 is 63.2 Å². The molecule has 0 fully saturated rings. The summed E-state index contributed by atoms with van der Waals surface area (Å²) < 4.78 is 18.7. The number of benzene rings is 3. The lowest BCUT2D eigenvalue weighted by atomic mass is 10.2. The fourth-order valence-corrected chi connectivity index (χ4v) is 3.45. The zero-order valence-electron chi connectivity index (χ0n) is 15.1. The first kappa shape index (κ1) is 20.3. The zero-order chi connectivity index (χ0) is 21.3. The predicted molar refractivity (Wildman–Crippen MR) is 120 cm³/mol. The summed E-state index contributed by atoms with van der Waals surface area (Å²) in [4.78, 5) is 16.5. The number of anilines is 1. The topological polar surface area (TPSA) is 67.2 Å². The molecule has 0 spiro atoms. The molecular formula is C21H12Cl2FN3O2S. The number of rotatable bonds is 3. The largest absolute Gasteiger partial charge is 0.435 e. The van der Waals surface area contributed by atoms with Crippen LogP contribution in [-0.4, -0.2) is 16.0 Å². The van der Waals surface area contributed by atoms with Gasteiger partial charge in [0.25, 0.3) is 5.91 Å². The van der Waals surface area contributed by atoms with E-state index in [1.54, 1.807) is 36.4 Å². The highest BCUT2D eigenvalue weighted by Gasteiger charge is 2.13. The van der Waals surface area contributed by atoms with Crippen molar-refractivity contribution in [2.75, 3.05) is 5.32 Å². The number of halogens is 3. The molecule has 0 radical (unpaired) electrons. The number of nitrogens with zero attached hydrogens (tertiary/aromatic N) is 1. The molecular weight excluding hydrogens is 448 g/mol. The monoisotopic (exact) mass is 459 g/mol. The van der Waals surface area contributed by atoms with E-state index in [2.05, 4.69) is 15.6 Å². The number of nitrogens with one attached hydrogen (secondary N) is 2. The first-order valence-corrected chi connectivity index (χ1v) is 9.79. The molecule has 5 nitrogen and oxygen atoms in total. The van der Waals surface area contributed by atoms with Crippen LogP contribution >= 0.6 is 35.4 Å². The number of hydrogen-bond acceptors (Lipinski definition) is 4. The molecule has 9 heteroatoms. The molecule has 0 aliphatic carbocycles. The van der Waals surface area contributed by atoms with E-state index >= 15 is 0 Å². The van der Waals surface area contributed by atoms with Gasteiger partial charge in [-0.05, 0) is 72.9 Å². The Hall–Kier alpha value is -3.00. The van der Waals surface area contributed by atoms with Crippen LogP contribution < -0.4 is 10.6 Å². The van der Waals surface area contributed by atoms with Gasteiger partial charge in [0.1, 0.15) is 11.3 Å². The summed E-state index contributed by atoms with van der Waals surface area (Å²) in [5.41, 5.74) is 2.70. The molecule has 2 N–H and O–H groups in total. The number of oxazole rings is 1. The summed E-state index contributed by atoms with van der Waals surface area (Å²) in [6.07, 6.45) is 0. The number of hydrogen-bond donors (Lipinski definition) is 2. The summed E-state index contributed by atoms with van der Waals surface area (Å²) in [5, 5.41) is 6.42. The Labute approximate surface area is 185 Å². The van der Waals surface area contributed by atoms with Crippen molar-refractivity contribution < 1.29 is 13.6 Å². The first-order valence-electron chi connectivity index (χ1n) is 8.63. The van der Waals surface area contributed by atoms with Crippen molar-refractivity contribution in [2.24, 2.45) is 0 Å². The maximum absolute atomic E-state index is 13.0. The summed E-state index contributed by atoms with van der Waals surface area (Å²) in [6, 6.07) is 15.5. The predicted octanol–water partition coefficient (Wildman–Crippen LogP) is 6.07. The number of thiocarbonyl (C=S) groups is 1. The summed E-state index contributed by atoms with van der Waals surface area (Å²) in [7, 11) is 0. The van der Waals surface area contributed by atoms with Crippen LogP contribution in [0.2, 0.25) is 10.0 Å². The molecule has 0 atom stereocenters. The molecule has 4 aromatic rings. The number of carbonyl (C=O) groups excluding carboxylic acids is 1. The van der Waals surface area contributed by atoms with Gasteiger partial charge < -0.3 is 9.73 Å². The average molecular weight is 460 g/mol. The molecule has 0 aliphatic heterocycles. The third-order valence-electron chi connectivity index (χ3n) is 4.13. The molecule has 0 saturated heterocycles. The van der Waals surface area contributed by atoms with Crippen LogP contribution in [0.1, 0.15) is 10.4 Å². The molecule has 0 aliphatic rings. The van der Waals surface area contributed by atoms with Gasteiger partial charge in [-0.15, -0.1) is 0 Å². The van der Waals surface area contributed by atoms with Crippen molar-refractivity contribution in [3.05, 3.63) is 82.1 Å². The van der Waals surface area contributed by atoms with Crippen LogP contribution in [0.5, 0.6) is 0 Å². The fraction of sp³-hybridized carbons (Fsp3) is 0. The van der Waals surface area contributed by atoms with Crippen LogP contribution in [-0.2, 0) is 0 Å². The van der Waals surface area contributed by atoms with Crippen molar-refractivity contribution in [1.29, 1.82) is 0 Å². The Kier molecular flexibility index (Phi) is 5.67. The van der Waals surface area contributed by atoms with Crippen LogP contribution in [0.25, 0.3) is 22.6 Å². The maximum Gasteiger partial charge on any atom is 0.257 e. The van der Waals surface area contributed by atoms with Gasteiger partial charge in [0, 0.05) is 21.8 Å². The second-order valence-electron chi connectivity index (χ2n) is 6.25. The molecule has 0 saturated carbocycles. The van der Waals surface area contributed by atoms with Crippen LogP contribution in [0, 0.1) is 5.82 Å². The highest BCUT2D eigenvalue weighted by atomic mass is 35.5. The Morgan fingerprint density at radius 3 is 2.43 bits per heavy atom. The van der Waals surface area contributed by atoms with Gasteiger partial charge in [-0.2, -0.15) is 0 Å². The van der Waals surface area contributed by atoms with Gasteiger partial charge in [0.2, 0.25) is 5.89 Å². The Bertz CT molecular complexity index is 1260. The van der Waals surface area contributed by atoms with Gasteiger partial charge in [0.05, 0.1) is 5.02 Å². The van der Waals surface area contributed by atoms with E-state index in [1.165, 1.54) is 24.3 Å². The molecule has 1 amide bonds. The Morgan fingerprint density at radius 2 is 1.73 bits per heavy atom. The van der Waals surface area contributed by atoms with E-state index < -0.39 is 11.7 Å². The molecule has 1 heterocycles. The third kappa shape index (κ3) is 4.43. The number of amides is 1. The number of fused-ring (bicyclic) bond motifs is 1. The van der Waals surface area contributed by atoms with Crippen LogP contribution in [0.3, 0.4) is 0 Å². The van der Waals surface area contributed by atoms with E-state index in [0.29, 0.717) is 38.3 Å². The summed E-state index contributed by atoms with van der Waals surface area (Å²) in [6.45, 7) is 0. The number of aromatic nitrogens is 1. The zero-order valence-corrected chi connectivity index (χ0v) is 17.4. The highest BCUT2D eigenvalue weighted by Crippen LogP contribution is 2.32. The van der Waals surface area contributed by atoms with Crippen LogP contribution in [0.15, 0.2) is 65.1 Å². The first-order chi connectivity index (χ1) is 14.4. The summed E-state index contributed by atoms with van der Waals surface area (Å²) in [5.74, 6) is -0.462. The third-order valence-corrected chi connectivity index (χ3v) is 4.84. The van der Waals surface area contributed by atoms with E-state index in [9.17, 15) is 9.18 Å². The quantitative estimate of drug-likeness (QED) is 0.364. The van der Waals surface area contributed by atoms with Gasteiger partial charge >= 0.3 is 0 Å². The lowest BCUT2D eigenvalue weighted by Gasteiger charge is -2.10. The van der Waals surface area contributed by atoms with Gasteiger partial charge in [0.15, 0.2) is 10.7 Å². The van der Waals surface area contributed by atoms with E-state index in [4.69, 9.17) is 39.8 Å². The Morgan fingerprint density at radius 1 is 1.03 bits per heavy atom. The average Bonchev–Trinajstić information content (AvgIpc) is 3.13. The smallest absolute Gasteiger partial charge is 0.257 e. The standard InChI is InChI=1S/C21H12Cl2FN3O2S/c22-13-9-16(23)18-17(10-13)26-20(29-18)12-3-7-15(8-4-12)25-21(30)27-19(28)11-1-5-14(24)6-2-11/h1-10H,(H2,25,27,28,30).